The van der Waals surface area contributed by atoms with Crippen LogP contribution in [0.1, 0.15) is 33.6 Å². The summed E-state index contributed by atoms with van der Waals surface area (Å²) in [6.45, 7) is 1.70. The van der Waals surface area contributed by atoms with E-state index in [0.717, 1.165) is 12.1 Å². The van der Waals surface area contributed by atoms with Gasteiger partial charge in [-0.15, -0.1) is 0 Å². The van der Waals surface area contributed by atoms with Crippen LogP contribution in [0.3, 0.4) is 0 Å². The number of halogens is 1. The summed E-state index contributed by atoms with van der Waals surface area (Å²) >= 11 is 0. The maximum absolute atomic E-state index is 13.8. The van der Waals surface area contributed by atoms with Crippen LogP contribution >= 0.6 is 0 Å². The molecule has 0 bridgehead atoms. The van der Waals surface area contributed by atoms with Gasteiger partial charge in [-0.3, -0.25) is 4.79 Å². The molecule has 1 amide bonds. The van der Waals surface area contributed by atoms with Gasteiger partial charge in [0.15, 0.2) is 17.3 Å². The van der Waals surface area contributed by atoms with Crippen molar-refractivity contribution in [1.82, 2.24) is 0 Å². The number of hydrogen-bond donors (Lipinski definition) is 2. The smallest absolute Gasteiger partial charge is 0.339 e. The lowest BCUT2D eigenvalue weighted by Gasteiger charge is -2.11. The van der Waals surface area contributed by atoms with Crippen molar-refractivity contribution in [2.75, 3.05) is 19.5 Å². The van der Waals surface area contributed by atoms with Crippen LogP contribution in [0.5, 0.6) is 11.5 Å². The maximum atomic E-state index is 13.8. The number of carboxylic acid groups (broad SMARTS) is 1. The van der Waals surface area contributed by atoms with Gasteiger partial charge in [-0.25, -0.2) is 9.18 Å². The number of nitrogens with one attached hydrogen (secondary N) is 1. The number of aromatic carboxylic acids is 1. The number of rotatable bonds is 6. The highest BCUT2D eigenvalue weighted by atomic mass is 19.1. The number of carbonyl (C=O) groups is 2. The van der Waals surface area contributed by atoms with Crippen molar-refractivity contribution >= 4 is 17.6 Å². The van der Waals surface area contributed by atoms with E-state index in [1.165, 1.54) is 20.3 Å². The summed E-state index contributed by atoms with van der Waals surface area (Å²) < 4.78 is 29.0. The molecule has 0 radical (unpaired) electrons. The quantitative estimate of drug-likeness (QED) is 0.841. The van der Waals surface area contributed by atoms with Crippen LogP contribution < -0.4 is 14.8 Å². The van der Waals surface area contributed by atoms with Gasteiger partial charge in [0.2, 0.25) is 0 Å². The van der Waals surface area contributed by atoms with E-state index in [4.69, 9.17) is 19.0 Å². The summed E-state index contributed by atoms with van der Waals surface area (Å²) in [5.41, 5.74) is -0.0253. The summed E-state index contributed by atoms with van der Waals surface area (Å²) in [6.07, 6.45) is 0.315. The number of aryl methyl sites for hydroxylation is 1. The van der Waals surface area contributed by atoms with Gasteiger partial charge in [0.1, 0.15) is 17.1 Å². The molecule has 0 saturated heterocycles. The van der Waals surface area contributed by atoms with Crippen LogP contribution in [0, 0.1) is 5.82 Å². The fraction of sp³-hybridized carbons (Fsp3) is 0.250. The van der Waals surface area contributed by atoms with Crippen molar-refractivity contribution in [3.63, 3.8) is 0 Å². The molecule has 24 heavy (non-hydrogen) atoms. The molecule has 2 aromatic rings. The average Bonchev–Trinajstić information content (AvgIpc) is 3.00. The van der Waals surface area contributed by atoms with Crippen molar-refractivity contribution in [2.24, 2.45) is 0 Å². The first-order valence-corrected chi connectivity index (χ1v) is 7.00. The third kappa shape index (κ3) is 3.32. The number of methoxy groups -OCH3 is 2. The molecular weight excluding hydrogens is 321 g/mol. The third-order valence-electron chi connectivity index (χ3n) is 3.31. The van der Waals surface area contributed by atoms with Crippen molar-refractivity contribution < 1.29 is 33.0 Å². The summed E-state index contributed by atoms with van der Waals surface area (Å²) in [4.78, 5) is 23.4. The predicted octanol–water partition coefficient (Wildman–Crippen LogP) is 2.95. The number of hydrogen-bond acceptors (Lipinski definition) is 5. The Morgan fingerprint density at radius 3 is 2.38 bits per heavy atom. The van der Waals surface area contributed by atoms with Crippen molar-refractivity contribution in [3.8, 4) is 11.5 Å². The average molecular weight is 337 g/mol. The van der Waals surface area contributed by atoms with Crippen LogP contribution in [-0.2, 0) is 6.42 Å². The summed E-state index contributed by atoms with van der Waals surface area (Å²) in [7, 11) is 2.66. The summed E-state index contributed by atoms with van der Waals surface area (Å²) in [5, 5.41) is 11.5. The number of carboxylic acids is 1. The van der Waals surface area contributed by atoms with Gasteiger partial charge in [-0.2, -0.15) is 0 Å². The predicted molar refractivity (Wildman–Crippen MR) is 82.5 cm³/mol. The monoisotopic (exact) mass is 337 g/mol. The summed E-state index contributed by atoms with van der Waals surface area (Å²) in [5.74, 6) is -2.47. The minimum absolute atomic E-state index is 0.0377. The SMILES string of the molecule is CCc1oc(C(=O)Nc2cc(F)c(OC)cc2OC)cc1C(=O)O. The van der Waals surface area contributed by atoms with Gasteiger partial charge in [0.25, 0.3) is 5.91 Å². The molecular formula is C16H16FNO6. The molecule has 1 heterocycles. The molecule has 0 aliphatic carbocycles. The molecule has 2 rings (SSSR count). The molecule has 0 unspecified atom stereocenters. The molecule has 7 nitrogen and oxygen atoms in total. The van der Waals surface area contributed by atoms with Crippen molar-refractivity contribution in [2.45, 2.75) is 13.3 Å². The molecule has 0 spiro atoms. The van der Waals surface area contributed by atoms with Crippen molar-refractivity contribution in [1.29, 1.82) is 0 Å². The molecule has 0 aliphatic heterocycles. The van der Waals surface area contributed by atoms with Gasteiger partial charge in [-0.05, 0) is 0 Å². The Labute approximate surface area is 137 Å². The minimum Gasteiger partial charge on any atom is -0.494 e. The fourth-order valence-electron chi connectivity index (χ4n) is 2.13. The zero-order valence-corrected chi connectivity index (χ0v) is 13.3. The van der Waals surface area contributed by atoms with E-state index in [0.29, 0.717) is 6.42 Å². The van der Waals surface area contributed by atoms with E-state index in [9.17, 15) is 14.0 Å². The Bertz CT molecular complexity index is 783. The second-order valence-corrected chi connectivity index (χ2v) is 4.75. The number of ether oxygens (including phenoxy) is 2. The number of carbonyl (C=O) groups excluding carboxylic acids is 1. The maximum Gasteiger partial charge on any atom is 0.339 e. The van der Waals surface area contributed by atoms with E-state index in [-0.39, 0.29) is 34.3 Å². The molecule has 8 heteroatoms. The minimum atomic E-state index is -1.19. The molecule has 2 N–H and O–H groups in total. The Balaban J connectivity index is 2.33. The summed E-state index contributed by atoms with van der Waals surface area (Å²) in [6, 6.07) is 3.45. The van der Waals surface area contributed by atoms with Gasteiger partial charge >= 0.3 is 5.97 Å². The zero-order chi connectivity index (χ0) is 17.9. The Morgan fingerprint density at radius 1 is 1.21 bits per heavy atom. The van der Waals surface area contributed by atoms with E-state index in [1.54, 1.807) is 6.92 Å². The largest absolute Gasteiger partial charge is 0.494 e. The second-order valence-electron chi connectivity index (χ2n) is 4.75. The van der Waals surface area contributed by atoms with Crippen LogP contribution in [-0.4, -0.2) is 31.2 Å². The Morgan fingerprint density at radius 2 is 1.88 bits per heavy atom. The number of anilines is 1. The van der Waals surface area contributed by atoms with E-state index in [2.05, 4.69) is 5.32 Å². The highest BCUT2D eigenvalue weighted by molar-refractivity contribution is 6.04. The topological polar surface area (TPSA) is 98.0 Å². The first-order chi connectivity index (χ1) is 11.4. The molecule has 0 aliphatic rings. The van der Waals surface area contributed by atoms with Gasteiger partial charge in [0, 0.05) is 24.6 Å². The van der Waals surface area contributed by atoms with Crippen LogP contribution in [0.25, 0.3) is 0 Å². The standard InChI is InChI=1S/C16H16FNO6/c1-4-11-8(16(20)21)5-14(24-11)15(19)18-10-6-9(17)12(22-2)7-13(10)23-3/h5-7H,4H2,1-3H3,(H,18,19)(H,20,21). The van der Waals surface area contributed by atoms with Crippen LogP contribution in [0.15, 0.2) is 22.6 Å². The molecule has 0 atom stereocenters. The fourth-order valence-corrected chi connectivity index (χ4v) is 2.13. The molecule has 0 fully saturated rings. The third-order valence-corrected chi connectivity index (χ3v) is 3.31. The molecule has 1 aromatic heterocycles. The second kappa shape index (κ2) is 7.03. The first-order valence-electron chi connectivity index (χ1n) is 7.00. The van der Waals surface area contributed by atoms with E-state index in [1.807, 2.05) is 0 Å². The number of benzene rings is 1. The first kappa shape index (κ1) is 17.3. The lowest BCUT2D eigenvalue weighted by Crippen LogP contribution is -2.12. The van der Waals surface area contributed by atoms with Gasteiger partial charge < -0.3 is 24.3 Å². The lowest BCUT2D eigenvalue weighted by atomic mass is 10.2. The normalized spacial score (nSPS) is 10.3. The van der Waals surface area contributed by atoms with Gasteiger partial charge in [-0.1, -0.05) is 6.92 Å². The number of furan rings is 1. The van der Waals surface area contributed by atoms with Crippen LogP contribution in [0.4, 0.5) is 10.1 Å². The Hall–Kier alpha value is -3.03. The van der Waals surface area contributed by atoms with Crippen molar-refractivity contribution in [3.05, 3.63) is 41.1 Å². The zero-order valence-electron chi connectivity index (χ0n) is 13.3. The van der Waals surface area contributed by atoms with E-state index >= 15 is 0 Å². The Kier molecular flexibility index (Phi) is 5.08. The number of amides is 1. The van der Waals surface area contributed by atoms with Crippen LogP contribution in [0.2, 0.25) is 0 Å². The molecule has 1 aromatic carbocycles. The lowest BCUT2D eigenvalue weighted by molar-refractivity contribution is 0.0694. The molecule has 0 saturated carbocycles. The van der Waals surface area contributed by atoms with E-state index < -0.39 is 17.7 Å². The molecule has 128 valence electrons. The highest BCUT2D eigenvalue weighted by Crippen LogP contribution is 2.32. The highest BCUT2D eigenvalue weighted by Gasteiger charge is 2.21. The van der Waals surface area contributed by atoms with Gasteiger partial charge in [0.05, 0.1) is 19.9 Å².